The number of fused-ring (bicyclic) bond motifs is 1. The number of likely N-dealkylation sites (tertiary alicyclic amines) is 1. The Morgan fingerprint density at radius 1 is 1.30 bits per heavy atom. The maximum absolute atomic E-state index is 4.82. The maximum atomic E-state index is 4.82. The predicted octanol–water partition coefficient (Wildman–Crippen LogP) is 1.23. The fourth-order valence-corrected chi connectivity index (χ4v) is 3.53. The van der Waals surface area contributed by atoms with Crippen molar-refractivity contribution in [2.75, 3.05) is 26.2 Å². The van der Waals surface area contributed by atoms with Crippen molar-refractivity contribution in [2.45, 2.75) is 32.1 Å². The molecular weight excluding hydrogens is 342 g/mol. The average Bonchev–Trinajstić information content (AvgIpc) is 3.38. The van der Waals surface area contributed by atoms with E-state index in [1.54, 1.807) is 6.33 Å². The molecule has 1 aliphatic rings. The topological polar surface area (TPSA) is 99.4 Å². The van der Waals surface area contributed by atoms with E-state index in [-0.39, 0.29) is 0 Å². The van der Waals surface area contributed by atoms with E-state index in [1.807, 2.05) is 28.8 Å². The Hall–Kier alpha value is -2.97. The Balaban J connectivity index is 1.37. The number of nitrogens with zero attached hydrogens (tertiary/aromatic N) is 7. The number of H-pyrrole nitrogens is 1. The molecular formula is C18H25N9. The van der Waals surface area contributed by atoms with Crippen LogP contribution < -0.4 is 5.32 Å². The van der Waals surface area contributed by atoms with Crippen LogP contribution >= 0.6 is 0 Å². The summed E-state index contributed by atoms with van der Waals surface area (Å²) in [6.07, 6.45) is 6.44. The first-order chi connectivity index (χ1) is 13.3. The molecule has 9 heteroatoms. The van der Waals surface area contributed by atoms with Crippen molar-refractivity contribution in [1.82, 2.24) is 40.0 Å². The van der Waals surface area contributed by atoms with E-state index in [9.17, 15) is 0 Å². The smallest absolute Gasteiger partial charge is 0.193 e. The maximum Gasteiger partial charge on any atom is 0.193 e. The van der Waals surface area contributed by atoms with Gasteiger partial charge in [0.25, 0.3) is 0 Å². The molecule has 0 spiro atoms. The van der Waals surface area contributed by atoms with Gasteiger partial charge in [-0.15, -0.1) is 10.2 Å². The number of aromatic nitrogens is 6. The molecule has 0 radical (unpaired) electrons. The normalized spacial score (nSPS) is 16.2. The number of nitrogens with one attached hydrogen (secondary N) is 2. The lowest BCUT2D eigenvalue weighted by atomic mass is 9.96. The van der Waals surface area contributed by atoms with Crippen LogP contribution in [0.3, 0.4) is 0 Å². The quantitative estimate of drug-likeness (QED) is 0.520. The fourth-order valence-electron chi connectivity index (χ4n) is 3.53. The standard InChI is InChI=1S/C18H25N9/c1-2-19-18(26-11-7-14(8-12-26)17-21-13-22-25-17)20-9-6-16-24-23-15-5-3-4-10-27(15)16/h3-5,10,13-14H,2,6-9,11-12H2,1H3,(H,19,20)(H,21,22,25). The van der Waals surface area contributed by atoms with Gasteiger partial charge in [-0.05, 0) is 31.9 Å². The van der Waals surface area contributed by atoms with Gasteiger partial charge in [-0.2, -0.15) is 5.10 Å². The summed E-state index contributed by atoms with van der Waals surface area (Å²) in [5.41, 5.74) is 0.873. The minimum Gasteiger partial charge on any atom is -0.357 e. The number of piperidine rings is 1. The molecule has 1 saturated heterocycles. The van der Waals surface area contributed by atoms with Crippen molar-refractivity contribution < 1.29 is 0 Å². The number of guanidine groups is 1. The lowest BCUT2D eigenvalue weighted by molar-refractivity contribution is 0.299. The molecule has 0 unspecified atom stereocenters. The summed E-state index contributed by atoms with van der Waals surface area (Å²) in [4.78, 5) is 11.5. The summed E-state index contributed by atoms with van der Waals surface area (Å²) in [6, 6.07) is 5.92. The predicted molar refractivity (Wildman–Crippen MR) is 103 cm³/mol. The SMILES string of the molecule is CCNC(=NCCc1nnc2ccccn12)N1CCC(c2ncn[nH]2)CC1. The second kappa shape index (κ2) is 8.15. The first-order valence-corrected chi connectivity index (χ1v) is 9.52. The van der Waals surface area contributed by atoms with E-state index in [2.05, 4.69) is 42.5 Å². The van der Waals surface area contributed by atoms with Crippen LogP contribution in [0.15, 0.2) is 35.7 Å². The molecule has 0 atom stereocenters. The lowest BCUT2D eigenvalue weighted by Crippen LogP contribution is -2.45. The third kappa shape index (κ3) is 3.91. The minimum atomic E-state index is 0.453. The van der Waals surface area contributed by atoms with Gasteiger partial charge in [-0.1, -0.05) is 6.07 Å². The van der Waals surface area contributed by atoms with Crippen LogP contribution in [-0.2, 0) is 6.42 Å². The molecule has 1 fully saturated rings. The molecule has 27 heavy (non-hydrogen) atoms. The van der Waals surface area contributed by atoms with Gasteiger partial charge < -0.3 is 10.2 Å². The Labute approximate surface area is 157 Å². The van der Waals surface area contributed by atoms with Crippen LogP contribution in [0.1, 0.15) is 37.3 Å². The molecule has 142 valence electrons. The summed E-state index contributed by atoms with van der Waals surface area (Å²) in [5, 5.41) is 18.9. The summed E-state index contributed by atoms with van der Waals surface area (Å²) in [6.45, 7) is 5.56. The van der Waals surface area contributed by atoms with E-state index < -0.39 is 0 Å². The van der Waals surface area contributed by atoms with Gasteiger partial charge in [0.05, 0.1) is 0 Å². The third-order valence-corrected chi connectivity index (χ3v) is 4.93. The average molecular weight is 367 g/mol. The van der Waals surface area contributed by atoms with Gasteiger partial charge in [0.15, 0.2) is 11.6 Å². The highest BCUT2D eigenvalue weighted by atomic mass is 15.3. The van der Waals surface area contributed by atoms with E-state index >= 15 is 0 Å². The summed E-state index contributed by atoms with van der Waals surface area (Å²) < 4.78 is 2.02. The zero-order valence-corrected chi connectivity index (χ0v) is 15.5. The van der Waals surface area contributed by atoms with Crippen LogP contribution in [-0.4, -0.2) is 66.8 Å². The number of pyridine rings is 1. The van der Waals surface area contributed by atoms with Gasteiger partial charge in [0.1, 0.15) is 18.0 Å². The highest BCUT2D eigenvalue weighted by molar-refractivity contribution is 5.80. The molecule has 0 aliphatic carbocycles. The summed E-state index contributed by atoms with van der Waals surface area (Å²) in [5.74, 6) is 3.36. The van der Waals surface area contributed by atoms with Crippen molar-refractivity contribution in [3.63, 3.8) is 0 Å². The molecule has 3 aromatic rings. The van der Waals surface area contributed by atoms with E-state index in [0.717, 1.165) is 62.2 Å². The molecule has 0 saturated carbocycles. The summed E-state index contributed by atoms with van der Waals surface area (Å²) >= 11 is 0. The van der Waals surface area contributed by atoms with Crippen molar-refractivity contribution in [1.29, 1.82) is 0 Å². The van der Waals surface area contributed by atoms with Crippen molar-refractivity contribution in [2.24, 2.45) is 4.99 Å². The fraction of sp³-hybridized carbons (Fsp3) is 0.500. The second-order valence-electron chi connectivity index (χ2n) is 6.66. The van der Waals surface area contributed by atoms with Gasteiger partial charge in [-0.25, -0.2) is 4.98 Å². The van der Waals surface area contributed by atoms with Crippen molar-refractivity contribution >= 4 is 11.6 Å². The number of rotatable bonds is 5. The molecule has 4 heterocycles. The lowest BCUT2D eigenvalue weighted by Gasteiger charge is -2.33. The monoisotopic (exact) mass is 367 g/mol. The molecule has 4 rings (SSSR count). The zero-order valence-electron chi connectivity index (χ0n) is 15.5. The van der Waals surface area contributed by atoms with E-state index in [4.69, 9.17) is 4.99 Å². The number of hydrogen-bond donors (Lipinski definition) is 2. The summed E-state index contributed by atoms with van der Waals surface area (Å²) in [7, 11) is 0. The van der Waals surface area contributed by atoms with Crippen molar-refractivity contribution in [3.05, 3.63) is 42.4 Å². The molecule has 0 amide bonds. The minimum absolute atomic E-state index is 0.453. The molecule has 9 nitrogen and oxygen atoms in total. The van der Waals surface area contributed by atoms with E-state index in [1.165, 1.54) is 0 Å². The van der Waals surface area contributed by atoms with Gasteiger partial charge in [-0.3, -0.25) is 14.5 Å². The van der Waals surface area contributed by atoms with Gasteiger partial charge in [0.2, 0.25) is 0 Å². The molecule has 0 aromatic carbocycles. The Bertz CT molecular complexity index is 875. The van der Waals surface area contributed by atoms with Crippen LogP contribution in [0.5, 0.6) is 0 Å². The highest BCUT2D eigenvalue weighted by Crippen LogP contribution is 2.24. The van der Waals surface area contributed by atoms with Crippen LogP contribution in [0.4, 0.5) is 0 Å². The zero-order chi connectivity index (χ0) is 18.5. The Morgan fingerprint density at radius 3 is 2.96 bits per heavy atom. The number of aromatic amines is 1. The Kier molecular flexibility index (Phi) is 5.27. The van der Waals surface area contributed by atoms with Crippen molar-refractivity contribution in [3.8, 4) is 0 Å². The van der Waals surface area contributed by atoms with Crippen LogP contribution in [0.2, 0.25) is 0 Å². The molecule has 3 aromatic heterocycles. The molecule has 0 bridgehead atoms. The van der Waals surface area contributed by atoms with Gasteiger partial charge >= 0.3 is 0 Å². The second-order valence-corrected chi connectivity index (χ2v) is 6.66. The number of aliphatic imine (C=N–C) groups is 1. The highest BCUT2D eigenvalue weighted by Gasteiger charge is 2.24. The molecule has 1 aliphatic heterocycles. The van der Waals surface area contributed by atoms with Crippen LogP contribution in [0, 0.1) is 0 Å². The first kappa shape index (κ1) is 17.4. The number of hydrogen-bond acceptors (Lipinski definition) is 5. The molecule has 2 N–H and O–H groups in total. The van der Waals surface area contributed by atoms with Gasteiger partial charge in [0, 0.05) is 44.7 Å². The third-order valence-electron chi connectivity index (χ3n) is 4.93. The van der Waals surface area contributed by atoms with E-state index in [0.29, 0.717) is 12.5 Å². The first-order valence-electron chi connectivity index (χ1n) is 9.52. The largest absolute Gasteiger partial charge is 0.357 e. The van der Waals surface area contributed by atoms with Crippen LogP contribution in [0.25, 0.3) is 5.65 Å². The Morgan fingerprint density at radius 2 is 2.19 bits per heavy atom.